The van der Waals surface area contributed by atoms with Gasteiger partial charge in [-0.3, -0.25) is 9.69 Å². The van der Waals surface area contributed by atoms with E-state index in [0.717, 1.165) is 19.2 Å². The predicted octanol–water partition coefficient (Wildman–Crippen LogP) is 1.42. The maximum atomic E-state index is 13.8. The van der Waals surface area contributed by atoms with E-state index >= 15 is 0 Å². The van der Waals surface area contributed by atoms with E-state index in [-0.39, 0.29) is 11.8 Å². The van der Waals surface area contributed by atoms with Crippen LogP contribution in [0, 0.1) is 17.6 Å². The molecule has 1 atom stereocenters. The van der Waals surface area contributed by atoms with Crippen LogP contribution in [0.4, 0.5) is 8.78 Å². The van der Waals surface area contributed by atoms with Crippen LogP contribution in [0.15, 0.2) is 18.2 Å². The largest absolute Gasteiger partial charge is 0.348 e. The number of rotatable bonds is 3. The first-order valence-electron chi connectivity index (χ1n) is 7.43. The first kappa shape index (κ1) is 16.8. The van der Waals surface area contributed by atoms with Crippen molar-refractivity contribution in [3.63, 3.8) is 0 Å². The van der Waals surface area contributed by atoms with E-state index in [1.807, 2.05) is 7.05 Å². The van der Waals surface area contributed by atoms with Crippen LogP contribution < -0.4 is 0 Å². The van der Waals surface area contributed by atoms with Crippen molar-refractivity contribution in [2.75, 3.05) is 47.3 Å². The minimum absolute atomic E-state index is 0.0818. The second-order valence-electron chi connectivity index (χ2n) is 6.16. The van der Waals surface area contributed by atoms with Gasteiger partial charge in [0.25, 0.3) is 0 Å². The zero-order valence-electron chi connectivity index (χ0n) is 13.4. The lowest BCUT2D eigenvalue weighted by molar-refractivity contribution is -0.133. The minimum Gasteiger partial charge on any atom is -0.348 e. The third-order valence-corrected chi connectivity index (χ3v) is 4.01. The first-order valence-corrected chi connectivity index (χ1v) is 7.43. The zero-order chi connectivity index (χ0) is 16.3. The Morgan fingerprint density at radius 3 is 2.64 bits per heavy atom. The van der Waals surface area contributed by atoms with Crippen LogP contribution in [-0.2, 0) is 11.3 Å². The van der Waals surface area contributed by atoms with Crippen molar-refractivity contribution < 1.29 is 13.6 Å². The van der Waals surface area contributed by atoms with Crippen LogP contribution in [0.2, 0.25) is 0 Å². The first-order chi connectivity index (χ1) is 10.4. The van der Waals surface area contributed by atoms with Crippen LogP contribution in [-0.4, -0.2) is 67.9 Å². The van der Waals surface area contributed by atoms with Crippen LogP contribution >= 0.6 is 0 Å². The molecule has 0 aliphatic carbocycles. The summed E-state index contributed by atoms with van der Waals surface area (Å²) in [5.41, 5.74) is 0.460. The topological polar surface area (TPSA) is 26.8 Å². The van der Waals surface area contributed by atoms with Crippen molar-refractivity contribution in [2.24, 2.45) is 5.92 Å². The summed E-state index contributed by atoms with van der Waals surface area (Å²) in [6.45, 7) is 3.24. The Hall–Kier alpha value is -1.53. The molecule has 22 heavy (non-hydrogen) atoms. The fraction of sp³-hybridized carbons (Fsp3) is 0.562. The van der Waals surface area contributed by atoms with Gasteiger partial charge in [-0.1, -0.05) is 6.07 Å². The van der Waals surface area contributed by atoms with Gasteiger partial charge in [-0.25, -0.2) is 8.78 Å². The van der Waals surface area contributed by atoms with Gasteiger partial charge < -0.3 is 9.80 Å². The van der Waals surface area contributed by atoms with Gasteiger partial charge in [0.1, 0.15) is 11.6 Å². The fourth-order valence-electron chi connectivity index (χ4n) is 2.80. The molecule has 0 unspecified atom stereocenters. The maximum Gasteiger partial charge on any atom is 0.227 e. The van der Waals surface area contributed by atoms with Gasteiger partial charge in [-0.2, -0.15) is 0 Å². The highest BCUT2D eigenvalue weighted by Crippen LogP contribution is 2.16. The van der Waals surface area contributed by atoms with Gasteiger partial charge >= 0.3 is 0 Å². The van der Waals surface area contributed by atoms with E-state index < -0.39 is 11.6 Å². The lowest BCUT2D eigenvalue weighted by atomic mass is 10.1. The monoisotopic (exact) mass is 311 g/mol. The number of likely N-dealkylation sites (N-methyl/N-ethyl adjacent to an activating group) is 1. The third-order valence-electron chi connectivity index (χ3n) is 4.01. The molecule has 1 fully saturated rings. The van der Waals surface area contributed by atoms with Crippen molar-refractivity contribution in [2.45, 2.75) is 6.54 Å². The number of amides is 1. The van der Waals surface area contributed by atoms with Crippen LogP contribution in [0.1, 0.15) is 5.56 Å². The van der Waals surface area contributed by atoms with E-state index in [0.29, 0.717) is 25.2 Å². The zero-order valence-corrected chi connectivity index (χ0v) is 13.4. The number of benzene rings is 1. The van der Waals surface area contributed by atoms with Crippen LogP contribution in [0.3, 0.4) is 0 Å². The summed E-state index contributed by atoms with van der Waals surface area (Å²) in [5, 5.41) is 0. The molecule has 0 spiro atoms. The number of hydrogen-bond donors (Lipinski definition) is 0. The summed E-state index contributed by atoms with van der Waals surface area (Å²) in [6.07, 6.45) is 0. The highest BCUT2D eigenvalue weighted by molar-refractivity contribution is 5.78. The Morgan fingerprint density at radius 1 is 1.27 bits per heavy atom. The van der Waals surface area contributed by atoms with E-state index in [4.69, 9.17) is 0 Å². The van der Waals surface area contributed by atoms with E-state index in [1.54, 1.807) is 19.0 Å². The number of hydrogen-bond acceptors (Lipinski definition) is 3. The lowest BCUT2D eigenvalue weighted by Gasteiger charge is -2.25. The molecule has 4 nitrogen and oxygen atoms in total. The second-order valence-corrected chi connectivity index (χ2v) is 6.16. The normalized spacial score (nSPS) is 20.7. The predicted molar refractivity (Wildman–Crippen MR) is 81.3 cm³/mol. The van der Waals surface area contributed by atoms with Gasteiger partial charge in [0.05, 0.1) is 5.92 Å². The Balaban J connectivity index is 2.10. The Kier molecular flexibility index (Phi) is 5.47. The molecule has 1 aromatic carbocycles. The van der Waals surface area contributed by atoms with Gasteiger partial charge in [-0.15, -0.1) is 0 Å². The van der Waals surface area contributed by atoms with Crippen molar-refractivity contribution >= 4 is 5.91 Å². The molecular formula is C16H23F2N3O. The molecule has 1 amide bonds. The molecule has 0 aromatic heterocycles. The Labute approximate surface area is 130 Å². The van der Waals surface area contributed by atoms with Crippen molar-refractivity contribution in [3.05, 3.63) is 35.4 Å². The van der Waals surface area contributed by atoms with Crippen molar-refractivity contribution in [1.29, 1.82) is 0 Å². The van der Waals surface area contributed by atoms with E-state index in [9.17, 15) is 13.6 Å². The molecule has 0 bridgehead atoms. The average molecular weight is 311 g/mol. The summed E-state index contributed by atoms with van der Waals surface area (Å²) in [5.74, 6) is -1.16. The van der Waals surface area contributed by atoms with Gasteiger partial charge in [-0.05, 0) is 13.1 Å². The standard InChI is InChI=1S/C16H23F2N3O/c1-19(2)16(22)13-9-20(3)6-7-21(11-13)10-12-4-5-14(17)8-15(12)18/h4-5,8,13H,6-7,9-11H2,1-3H3/t13-/m0/s1. The highest BCUT2D eigenvalue weighted by atomic mass is 19.1. The lowest BCUT2D eigenvalue weighted by Crippen LogP contribution is -2.40. The molecular weight excluding hydrogens is 288 g/mol. The summed E-state index contributed by atoms with van der Waals surface area (Å²) < 4.78 is 26.8. The number of carbonyl (C=O) groups excluding carboxylic acids is 1. The quantitative estimate of drug-likeness (QED) is 0.845. The fourth-order valence-corrected chi connectivity index (χ4v) is 2.80. The van der Waals surface area contributed by atoms with E-state index in [2.05, 4.69) is 9.80 Å². The molecule has 6 heteroatoms. The average Bonchev–Trinajstić information content (AvgIpc) is 2.63. The third kappa shape index (κ3) is 4.24. The second kappa shape index (κ2) is 7.15. The van der Waals surface area contributed by atoms with E-state index in [1.165, 1.54) is 12.1 Å². The van der Waals surface area contributed by atoms with Crippen LogP contribution in [0.25, 0.3) is 0 Å². The summed E-state index contributed by atoms with van der Waals surface area (Å²) in [7, 11) is 5.48. The Morgan fingerprint density at radius 2 is 2.00 bits per heavy atom. The van der Waals surface area contributed by atoms with Crippen molar-refractivity contribution in [3.8, 4) is 0 Å². The summed E-state index contributed by atoms with van der Waals surface area (Å²) in [4.78, 5) is 18.0. The molecule has 1 heterocycles. The summed E-state index contributed by atoms with van der Waals surface area (Å²) >= 11 is 0. The Bertz CT molecular complexity index is 536. The highest BCUT2D eigenvalue weighted by Gasteiger charge is 2.27. The maximum absolute atomic E-state index is 13.8. The summed E-state index contributed by atoms with van der Waals surface area (Å²) in [6, 6.07) is 3.65. The molecule has 1 aliphatic rings. The number of nitrogens with zero attached hydrogens (tertiary/aromatic N) is 3. The van der Waals surface area contributed by atoms with Gasteiger partial charge in [0, 0.05) is 58.4 Å². The smallest absolute Gasteiger partial charge is 0.227 e. The molecule has 0 saturated carbocycles. The number of carbonyl (C=O) groups is 1. The SMILES string of the molecule is CN1CCN(Cc2ccc(F)cc2F)C[C@@H](C(=O)N(C)C)C1. The molecule has 2 rings (SSSR count). The minimum atomic E-state index is -0.572. The molecule has 1 aliphatic heterocycles. The van der Waals surface area contributed by atoms with Crippen molar-refractivity contribution in [1.82, 2.24) is 14.7 Å². The molecule has 1 aromatic rings. The van der Waals surface area contributed by atoms with Gasteiger partial charge in [0.15, 0.2) is 0 Å². The van der Waals surface area contributed by atoms with Crippen LogP contribution in [0.5, 0.6) is 0 Å². The number of halogens is 2. The van der Waals surface area contributed by atoms with Gasteiger partial charge in [0.2, 0.25) is 5.91 Å². The molecule has 122 valence electrons. The molecule has 0 radical (unpaired) electrons. The molecule has 1 saturated heterocycles. The molecule has 0 N–H and O–H groups in total.